The van der Waals surface area contributed by atoms with Crippen LogP contribution in [0, 0.1) is 0 Å². The molecule has 1 fully saturated rings. The SMILES string of the molecule is NC1(c2cnc(Cl)cn2)CC1. The first-order valence-electron chi connectivity index (χ1n) is 3.48. The summed E-state index contributed by atoms with van der Waals surface area (Å²) in [7, 11) is 0. The van der Waals surface area contributed by atoms with E-state index in [-0.39, 0.29) is 5.54 Å². The first kappa shape index (κ1) is 7.00. The van der Waals surface area contributed by atoms with E-state index < -0.39 is 0 Å². The van der Waals surface area contributed by atoms with Crippen molar-refractivity contribution in [1.82, 2.24) is 9.97 Å². The van der Waals surface area contributed by atoms with Crippen LogP contribution in [0.25, 0.3) is 0 Å². The summed E-state index contributed by atoms with van der Waals surface area (Å²) in [5.74, 6) is 0. The van der Waals surface area contributed by atoms with E-state index >= 15 is 0 Å². The summed E-state index contributed by atoms with van der Waals surface area (Å²) in [4.78, 5) is 8.00. The number of halogens is 1. The lowest BCUT2D eigenvalue weighted by Gasteiger charge is -2.05. The van der Waals surface area contributed by atoms with Crippen molar-refractivity contribution >= 4 is 11.6 Å². The molecule has 0 saturated heterocycles. The average Bonchev–Trinajstić information content (AvgIpc) is 2.70. The zero-order valence-electron chi connectivity index (χ0n) is 5.92. The van der Waals surface area contributed by atoms with Crippen LogP contribution in [0.5, 0.6) is 0 Å². The molecule has 3 nitrogen and oxygen atoms in total. The second-order valence-electron chi connectivity index (χ2n) is 2.88. The van der Waals surface area contributed by atoms with Gasteiger partial charge in [0.15, 0.2) is 0 Å². The lowest BCUT2D eigenvalue weighted by Crippen LogP contribution is -2.20. The van der Waals surface area contributed by atoms with E-state index in [0.29, 0.717) is 5.15 Å². The van der Waals surface area contributed by atoms with Crippen LogP contribution < -0.4 is 5.73 Å². The van der Waals surface area contributed by atoms with Gasteiger partial charge in [-0.15, -0.1) is 0 Å². The molecule has 0 bridgehead atoms. The predicted molar refractivity (Wildman–Crippen MR) is 42.1 cm³/mol. The Morgan fingerprint density at radius 2 is 2.09 bits per heavy atom. The Kier molecular flexibility index (Phi) is 1.37. The fourth-order valence-electron chi connectivity index (χ4n) is 0.960. The Balaban J connectivity index is 2.33. The van der Waals surface area contributed by atoms with Crippen molar-refractivity contribution in [1.29, 1.82) is 0 Å². The van der Waals surface area contributed by atoms with Crippen LogP contribution in [0.2, 0.25) is 5.15 Å². The standard InChI is InChI=1S/C7H8ClN3/c8-6-4-10-5(3-11-6)7(9)1-2-7/h3-4H,1-2,9H2. The monoisotopic (exact) mass is 169 g/mol. The van der Waals surface area contributed by atoms with Gasteiger partial charge in [-0.1, -0.05) is 11.6 Å². The van der Waals surface area contributed by atoms with Gasteiger partial charge in [0.1, 0.15) is 5.15 Å². The summed E-state index contributed by atoms with van der Waals surface area (Å²) >= 11 is 5.57. The van der Waals surface area contributed by atoms with Crippen molar-refractivity contribution < 1.29 is 0 Å². The molecule has 2 N–H and O–H groups in total. The van der Waals surface area contributed by atoms with Crippen LogP contribution in [0.1, 0.15) is 18.5 Å². The fraction of sp³-hybridized carbons (Fsp3) is 0.429. The highest BCUT2D eigenvalue weighted by atomic mass is 35.5. The van der Waals surface area contributed by atoms with Crippen molar-refractivity contribution in [2.75, 3.05) is 0 Å². The molecule has 0 aromatic carbocycles. The van der Waals surface area contributed by atoms with Gasteiger partial charge in [-0.3, -0.25) is 4.98 Å². The van der Waals surface area contributed by atoms with Gasteiger partial charge in [-0.2, -0.15) is 0 Å². The topological polar surface area (TPSA) is 51.8 Å². The van der Waals surface area contributed by atoms with Gasteiger partial charge in [-0.05, 0) is 12.8 Å². The van der Waals surface area contributed by atoms with E-state index in [2.05, 4.69) is 9.97 Å². The molecule has 1 heterocycles. The number of rotatable bonds is 1. The number of hydrogen-bond acceptors (Lipinski definition) is 3. The van der Waals surface area contributed by atoms with Gasteiger partial charge >= 0.3 is 0 Å². The third-order valence-corrected chi connectivity index (χ3v) is 2.11. The van der Waals surface area contributed by atoms with Crippen LogP contribution in [0.4, 0.5) is 0 Å². The maximum absolute atomic E-state index is 5.87. The molecule has 0 spiro atoms. The third kappa shape index (κ3) is 1.21. The van der Waals surface area contributed by atoms with Crippen molar-refractivity contribution in [2.24, 2.45) is 5.73 Å². The molecule has 1 aliphatic carbocycles. The van der Waals surface area contributed by atoms with Gasteiger partial charge in [0.25, 0.3) is 0 Å². The number of nitrogens with two attached hydrogens (primary N) is 1. The molecule has 0 amide bonds. The van der Waals surface area contributed by atoms with Crippen molar-refractivity contribution in [3.63, 3.8) is 0 Å². The molecule has 0 aliphatic heterocycles. The molecule has 2 rings (SSSR count). The summed E-state index contributed by atoms with van der Waals surface area (Å²) in [5, 5.41) is 0.415. The van der Waals surface area contributed by atoms with E-state index in [4.69, 9.17) is 17.3 Å². The van der Waals surface area contributed by atoms with Gasteiger partial charge in [0.2, 0.25) is 0 Å². The molecular formula is C7H8ClN3. The highest BCUT2D eigenvalue weighted by Gasteiger charge is 2.41. The normalized spacial score (nSPS) is 19.8. The summed E-state index contributed by atoms with van der Waals surface area (Å²) in [6, 6.07) is 0. The van der Waals surface area contributed by atoms with Crippen LogP contribution in [-0.2, 0) is 5.54 Å². The van der Waals surface area contributed by atoms with Crippen LogP contribution in [-0.4, -0.2) is 9.97 Å². The predicted octanol–water partition coefficient (Wildman–Crippen LogP) is 1.08. The molecule has 4 heteroatoms. The van der Waals surface area contributed by atoms with E-state index in [1.807, 2.05) is 0 Å². The highest BCUT2D eigenvalue weighted by Crippen LogP contribution is 2.41. The van der Waals surface area contributed by atoms with Crippen LogP contribution in [0.15, 0.2) is 12.4 Å². The maximum Gasteiger partial charge on any atom is 0.147 e. The molecule has 1 saturated carbocycles. The van der Waals surface area contributed by atoms with Crippen LogP contribution >= 0.6 is 11.6 Å². The molecule has 1 aromatic heterocycles. The van der Waals surface area contributed by atoms with Gasteiger partial charge < -0.3 is 5.73 Å². The van der Waals surface area contributed by atoms with E-state index in [1.165, 1.54) is 6.20 Å². The minimum Gasteiger partial charge on any atom is -0.320 e. The maximum atomic E-state index is 5.87. The molecule has 1 aliphatic rings. The minimum atomic E-state index is -0.197. The van der Waals surface area contributed by atoms with E-state index in [0.717, 1.165) is 18.5 Å². The van der Waals surface area contributed by atoms with Crippen molar-refractivity contribution in [2.45, 2.75) is 18.4 Å². The Bertz CT molecular complexity index is 266. The molecule has 0 radical (unpaired) electrons. The summed E-state index contributed by atoms with van der Waals surface area (Å²) in [6.07, 6.45) is 5.19. The molecule has 58 valence electrons. The number of aromatic nitrogens is 2. The Hall–Kier alpha value is -0.670. The van der Waals surface area contributed by atoms with Crippen molar-refractivity contribution in [3.8, 4) is 0 Å². The average molecular weight is 170 g/mol. The fourth-order valence-corrected chi connectivity index (χ4v) is 1.06. The van der Waals surface area contributed by atoms with Gasteiger partial charge in [0, 0.05) is 0 Å². The Morgan fingerprint density at radius 3 is 2.55 bits per heavy atom. The number of hydrogen-bond donors (Lipinski definition) is 1. The third-order valence-electron chi connectivity index (χ3n) is 1.92. The smallest absolute Gasteiger partial charge is 0.147 e. The lowest BCUT2D eigenvalue weighted by molar-refractivity contribution is 0.701. The number of nitrogens with zero attached hydrogens (tertiary/aromatic N) is 2. The highest BCUT2D eigenvalue weighted by molar-refractivity contribution is 6.29. The molecule has 0 unspecified atom stereocenters. The van der Waals surface area contributed by atoms with Crippen LogP contribution in [0.3, 0.4) is 0 Å². The summed E-state index contributed by atoms with van der Waals surface area (Å²) in [6.45, 7) is 0. The molecule has 0 atom stereocenters. The quantitative estimate of drug-likeness (QED) is 0.685. The summed E-state index contributed by atoms with van der Waals surface area (Å²) < 4.78 is 0. The summed E-state index contributed by atoms with van der Waals surface area (Å²) in [5.41, 5.74) is 6.52. The molecule has 1 aromatic rings. The minimum absolute atomic E-state index is 0.197. The van der Waals surface area contributed by atoms with Crippen molar-refractivity contribution in [3.05, 3.63) is 23.2 Å². The Morgan fingerprint density at radius 1 is 1.36 bits per heavy atom. The Labute approximate surface area is 69.6 Å². The second-order valence-corrected chi connectivity index (χ2v) is 3.27. The molecular weight excluding hydrogens is 162 g/mol. The van der Waals surface area contributed by atoms with Gasteiger partial charge in [0.05, 0.1) is 23.6 Å². The first-order valence-corrected chi connectivity index (χ1v) is 3.85. The van der Waals surface area contributed by atoms with E-state index in [1.54, 1.807) is 6.20 Å². The largest absolute Gasteiger partial charge is 0.320 e. The van der Waals surface area contributed by atoms with Gasteiger partial charge in [-0.25, -0.2) is 4.98 Å². The zero-order chi connectivity index (χ0) is 7.90. The van der Waals surface area contributed by atoms with E-state index in [9.17, 15) is 0 Å². The zero-order valence-corrected chi connectivity index (χ0v) is 6.67. The second kappa shape index (κ2) is 2.16. The first-order chi connectivity index (χ1) is 5.21. The molecule has 11 heavy (non-hydrogen) atoms. The lowest BCUT2D eigenvalue weighted by atomic mass is 10.2.